The van der Waals surface area contributed by atoms with E-state index in [0.29, 0.717) is 18.8 Å². The molecule has 190 valence electrons. The highest BCUT2D eigenvalue weighted by Gasteiger charge is 2.28. The van der Waals surface area contributed by atoms with Gasteiger partial charge in [-0.05, 0) is 69.9 Å². The summed E-state index contributed by atoms with van der Waals surface area (Å²) < 4.78 is 12.9. The van der Waals surface area contributed by atoms with Crippen LogP contribution in [0.4, 0.5) is 10.5 Å². The Morgan fingerprint density at radius 2 is 1.71 bits per heavy atom. The fourth-order valence-electron chi connectivity index (χ4n) is 4.62. The number of anilines is 1. The molecule has 0 spiro atoms. The molecule has 8 nitrogen and oxygen atoms in total. The first-order valence-corrected chi connectivity index (χ1v) is 12.6. The Morgan fingerprint density at radius 1 is 1.03 bits per heavy atom. The number of likely N-dealkylation sites (tertiary alicyclic amines) is 1. The van der Waals surface area contributed by atoms with Crippen molar-refractivity contribution < 1.29 is 19.1 Å². The maximum atomic E-state index is 13.1. The average molecular weight is 483 g/mol. The van der Waals surface area contributed by atoms with Gasteiger partial charge < -0.3 is 24.3 Å². The van der Waals surface area contributed by atoms with E-state index in [1.807, 2.05) is 55.8 Å². The summed E-state index contributed by atoms with van der Waals surface area (Å²) in [4.78, 5) is 29.6. The number of carbonyl (C=O) groups excluding carboxylic acids is 2. The van der Waals surface area contributed by atoms with Crippen molar-refractivity contribution in [2.24, 2.45) is 0 Å². The van der Waals surface area contributed by atoms with Crippen molar-refractivity contribution in [2.75, 3.05) is 51.3 Å². The minimum atomic E-state index is -0.499. The number of hydrogen-bond acceptors (Lipinski definition) is 5. The van der Waals surface area contributed by atoms with E-state index in [4.69, 9.17) is 9.47 Å². The minimum absolute atomic E-state index is 0.120. The van der Waals surface area contributed by atoms with Crippen LogP contribution in [0.1, 0.15) is 55.7 Å². The highest BCUT2D eigenvalue weighted by Crippen LogP contribution is 2.26. The van der Waals surface area contributed by atoms with E-state index in [9.17, 15) is 9.59 Å². The molecule has 1 aromatic heterocycles. The summed E-state index contributed by atoms with van der Waals surface area (Å²) in [6, 6.07) is 12.0. The second kappa shape index (κ2) is 11.3. The lowest BCUT2D eigenvalue weighted by Crippen LogP contribution is -2.42. The molecule has 8 heteroatoms. The molecule has 0 unspecified atom stereocenters. The first-order chi connectivity index (χ1) is 16.8. The number of benzene rings is 1. The number of hydrogen-bond donors (Lipinski definition) is 1. The fraction of sp³-hybridized carbons (Fsp3) is 0.556. The van der Waals surface area contributed by atoms with Gasteiger partial charge in [-0.25, -0.2) is 4.79 Å². The van der Waals surface area contributed by atoms with Crippen LogP contribution in [0, 0.1) is 0 Å². The lowest BCUT2D eigenvalue weighted by molar-refractivity contribution is 0.0187. The quantitative estimate of drug-likeness (QED) is 0.668. The standard InChI is InChI=1S/C27H38N4O4/c1-27(2,3)35-26(33)30-15-11-23(12-16-30)31-13-4-5-24(31)25(32)28-22-8-6-21(7-9-22)10-14-29-17-19-34-20-18-29/h4-9,13,23H,10-12,14-20H2,1-3H3,(H,28,32). The summed E-state index contributed by atoms with van der Waals surface area (Å²) in [6.07, 6.45) is 4.24. The van der Waals surface area contributed by atoms with Crippen LogP contribution in [0.25, 0.3) is 0 Å². The Morgan fingerprint density at radius 3 is 2.37 bits per heavy atom. The van der Waals surface area contributed by atoms with Crippen molar-refractivity contribution in [1.82, 2.24) is 14.4 Å². The number of nitrogens with one attached hydrogen (secondary N) is 1. The van der Waals surface area contributed by atoms with Gasteiger partial charge in [-0.1, -0.05) is 12.1 Å². The predicted octanol–water partition coefficient (Wildman–Crippen LogP) is 4.19. The number of amides is 2. The van der Waals surface area contributed by atoms with E-state index in [2.05, 4.69) is 22.3 Å². The molecular weight excluding hydrogens is 444 g/mol. The third-order valence-electron chi connectivity index (χ3n) is 6.55. The number of piperidine rings is 1. The van der Waals surface area contributed by atoms with Crippen molar-refractivity contribution in [2.45, 2.75) is 51.7 Å². The molecule has 2 saturated heterocycles. The molecule has 1 aromatic carbocycles. The van der Waals surface area contributed by atoms with Crippen LogP contribution < -0.4 is 5.32 Å². The summed E-state index contributed by atoms with van der Waals surface area (Å²) in [6.45, 7) is 11.5. The molecule has 2 aliphatic heterocycles. The Bertz CT molecular complexity index is 981. The zero-order valence-corrected chi connectivity index (χ0v) is 21.2. The van der Waals surface area contributed by atoms with Crippen LogP contribution >= 0.6 is 0 Å². The minimum Gasteiger partial charge on any atom is -0.444 e. The molecule has 2 amide bonds. The van der Waals surface area contributed by atoms with E-state index in [-0.39, 0.29) is 18.0 Å². The van der Waals surface area contributed by atoms with Crippen molar-refractivity contribution in [1.29, 1.82) is 0 Å². The molecule has 2 fully saturated rings. The summed E-state index contributed by atoms with van der Waals surface area (Å²) in [5.74, 6) is -0.120. The highest BCUT2D eigenvalue weighted by atomic mass is 16.6. The second-order valence-corrected chi connectivity index (χ2v) is 10.4. The first-order valence-electron chi connectivity index (χ1n) is 12.6. The molecule has 1 N–H and O–H groups in total. The van der Waals surface area contributed by atoms with E-state index in [1.165, 1.54) is 5.56 Å². The van der Waals surface area contributed by atoms with Gasteiger partial charge in [0.1, 0.15) is 11.3 Å². The largest absolute Gasteiger partial charge is 0.444 e. The summed E-state index contributed by atoms with van der Waals surface area (Å²) in [5, 5.41) is 3.04. The molecule has 3 heterocycles. The summed E-state index contributed by atoms with van der Waals surface area (Å²) >= 11 is 0. The molecule has 2 aliphatic rings. The molecule has 35 heavy (non-hydrogen) atoms. The Kier molecular flexibility index (Phi) is 8.13. The monoisotopic (exact) mass is 482 g/mol. The summed E-state index contributed by atoms with van der Waals surface area (Å²) in [5.41, 5.74) is 2.19. The topological polar surface area (TPSA) is 76.0 Å². The molecule has 0 saturated carbocycles. The van der Waals surface area contributed by atoms with E-state index < -0.39 is 5.60 Å². The smallest absolute Gasteiger partial charge is 0.410 e. The lowest BCUT2D eigenvalue weighted by Gasteiger charge is -2.34. The van der Waals surface area contributed by atoms with Crippen molar-refractivity contribution >= 4 is 17.7 Å². The van der Waals surface area contributed by atoms with E-state index >= 15 is 0 Å². The van der Waals surface area contributed by atoms with Gasteiger partial charge in [0.2, 0.25) is 0 Å². The Balaban J connectivity index is 1.29. The van der Waals surface area contributed by atoms with Crippen LogP contribution in [0.2, 0.25) is 0 Å². The SMILES string of the molecule is CC(C)(C)OC(=O)N1CCC(n2cccc2C(=O)Nc2ccc(CCN3CCOCC3)cc2)CC1. The molecule has 4 rings (SSSR count). The van der Waals surface area contributed by atoms with Gasteiger partial charge >= 0.3 is 6.09 Å². The molecular formula is C27H38N4O4. The van der Waals surface area contributed by atoms with Gasteiger partial charge in [-0.3, -0.25) is 9.69 Å². The van der Waals surface area contributed by atoms with Gasteiger partial charge in [0.05, 0.1) is 13.2 Å². The fourth-order valence-corrected chi connectivity index (χ4v) is 4.62. The van der Waals surface area contributed by atoms with Gasteiger partial charge in [0.15, 0.2) is 0 Å². The van der Waals surface area contributed by atoms with Crippen molar-refractivity contribution in [3.05, 3.63) is 53.9 Å². The maximum absolute atomic E-state index is 13.1. The van der Waals surface area contributed by atoms with Crippen LogP contribution in [0.3, 0.4) is 0 Å². The van der Waals surface area contributed by atoms with Crippen LogP contribution in [0.15, 0.2) is 42.6 Å². The molecule has 0 atom stereocenters. The number of morpholine rings is 1. The zero-order valence-electron chi connectivity index (χ0n) is 21.2. The highest BCUT2D eigenvalue weighted by molar-refractivity contribution is 6.03. The molecule has 2 aromatic rings. The van der Waals surface area contributed by atoms with Gasteiger partial charge in [0.25, 0.3) is 5.91 Å². The maximum Gasteiger partial charge on any atom is 0.410 e. The number of carbonyl (C=O) groups is 2. The first kappa shape index (κ1) is 25.3. The average Bonchev–Trinajstić information content (AvgIpc) is 3.34. The van der Waals surface area contributed by atoms with Gasteiger partial charge in [-0.15, -0.1) is 0 Å². The third-order valence-corrected chi connectivity index (χ3v) is 6.55. The number of ether oxygens (including phenoxy) is 2. The van der Waals surface area contributed by atoms with Gasteiger partial charge in [0, 0.05) is 50.6 Å². The third kappa shape index (κ3) is 7.08. The number of rotatable bonds is 6. The van der Waals surface area contributed by atoms with Crippen molar-refractivity contribution in [3.63, 3.8) is 0 Å². The summed E-state index contributed by atoms with van der Waals surface area (Å²) in [7, 11) is 0. The number of aromatic nitrogens is 1. The van der Waals surface area contributed by atoms with Crippen LogP contribution in [-0.2, 0) is 15.9 Å². The predicted molar refractivity (Wildman–Crippen MR) is 136 cm³/mol. The molecule has 0 aliphatic carbocycles. The van der Waals surface area contributed by atoms with Crippen LogP contribution in [0.5, 0.6) is 0 Å². The lowest BCUT2D eigenvalue weighted by atomic mass is 10.0. The molecule has 0 radical (unpaired) electrons. The van der Waals surface area contributed by atoms with Crippen molar-refractivity contribution in [3.8, 4) is 0 Å². The van der Waals surface area contributed by atoms with E-state index in [0.717, 1.165) is 57.8 Å². The van der Waals surface area contributed by atoms with Gasteiger partial charge in [-0.2, -0.15) is 0 Å². The Hall–Kier alpha value is -2.84. The molecule has 0 bridgehead atoms. The number of nitrogens with zero attached hydrogens (tertiary/aromatic N) is 3. The Labute approximate surface area is 208 Å². The zero-order chi connectivity index (χ0) is 24.8. The van der Waals surface area contributed by atoms with E-state index in [1.54, 1.807) is 4.90 Å². The van der Waals surface area contributed by atoms with Crippen LogP contribution in [-0.4, -0.2) is 77.9 Å². The second-order valence-electron chi connectivity index (χ2n) is 10.4. The normalized spacial score (nSPS) is 17.9.